The highest BCUT2D eigenvalue weighted by molar-refractivity contribution is 5.14. The highest BCUT2D eigenvalue weighted by atomic mass is 15.2. The number of piperidine rings is 1. The minimum atomic E-state index is 0.660. The number of benzene rings is 1. The second-order valence-electron chi connectivity index (χ2n) is 6.70. The third-order valence-electron chi connectivity index (χ3n) is 4.99. The summed E-state index contributed by atoms with van der Waals surface area (Å²) in [4.78, 5) is 9.55. The van der Waals surface area contributed by atoms with Crippen molar-refractivity contribution in [1.82, 2.24) is 19.4 Å². The van der Waals surface area contributed by atoms with E-state index in [1.165, 1.54) is 24.9 Å². The zero-order valence-corrected chi connectivity index (χ0v) is 14.4. The van der Waals surface area contributed by atoms with Crippen LogP contribution in [0.15, 0.2) is 42.7 Å². The molecule has 0 N–H and O–H groups in total. The number of aryl methyl sites for hydroxylation is 1. The molecule has 4 heteroatoms. The molecule has 23 heavy (non-hydrogen) atoms. The number of imidazole rings is 1. The van der Waals surface area contributed by atoms with Crippen molar-refractivity contribution in [2.75, 3.05) is 26.7 Å². The molecule has 1 atom stereocenters. The Morgan fingerprint density at radius 3 is 2.83 bits per heavy atom. The van der Waals surface area contributed by atoms with Gasteiger partial charge in [0.25, 0.3) is 0 Å². The van der Waals surface area contributed by atoms with Gasteiger partial charge in [-0.1, -0.05) is 30.3 Å². The lowest BCUT2D eigenvalue weighted by atomic mass is 10.0. The number of aromatic nitrogens is 2. The Bertz CT molecular complexity index is 592. The van der Waals surface area contributed by atoms with Gasteiger partial charge in [-0.15, -0.1) is 0 Å². The molecule has 124 valence electrons. The van der Waals surface area contributed by atoms with Crippen molar-refractivity contribution in [3.05, 3.63) is 54.1 Å². The van der Waals surface area contributed by atoms with Crippen molar-refractivity contribution in [1.29, 1.82) is 0 Å². The first-order chi connectivity index (χ1) is 11.2. The molecule has 1 aliphatic rings. The van der Waals surface area contributed by atoms with Crippen LogP contribution in [0.25, 0.3) is 0 Å². The molecule has 4 nitrogen and oxygen atoms in total. The monoisotopic (exact) mass is 312 g/mol. The predicted octanol–water partition coefficient (Wildman–Crippen LogP) is 2.56. The zero-order chi connectivity index (χ0) is 16.1. The van der Waals surface area contributed by atoms with Gasteiger partial charge in [-0.3, -0.25) is 4.90 Å². The van der Waals surface area contributed by atoms with Crippen LogP contribution < -0.4 is 0 Å². The van der Waals surface area contributed by atoms with Gasteiger partial charge in [0.1, 0.15) is 5.82 Å². The molecular formula is C19H28N4. The van der Waals surface area contributed by atoms with Crippen LogP contribution in [-0.2, 0) is 20.0 Å². The minimum absolute atomic E-state index is 0.660. The maximum absolute atomic E-state index is 4.46. The van der Waals surface area contributed by atoms with Crippen molar-refractivity contribution >= 4 is 0 Å². The van der Waals surface area contributed by atoms with Gasteiger partial charge in [0.2, 0.25) is 0 Å². The van der Waals surface area contributed by atoms with Crippen LogP contribution in [-0.4, -0.2) is 52.1 Å². The number of hydrogen-bond acceptors (Lipinski definition) is 3. The van der Waals surface area contributed by atoms with E-state index in [2.05, 4.69) is 63.8 Å². The molecular weight excluding hydrogens is 284 g/mol. The Balaban J connectivity index is 1.50. The molecule has 2 aromatic rings. The molecule has 3 rings (SSSR count). The van der Waals surface area contributed by atoms with E-state index >= 15 is 0 Å². The van der Waals surface area contributed by atoms with Crippen LogP contribution in [0.3, 0.4) is 0 Å². The van der Waals surface area contributed by atoms with E-state index in [0.29, 0.717) is 6.04 Å². The third-order valence-corrected chi connectivity index (χ3v) is 4.99. The number of nitrogens with zero attached hydrogens (tertiary/aromatic N) is 4. The summed E-state index contributed by atoms with van der Waals surface area (Å²) in [6.45, 7) is 4.44. The second kappa shape index (κ2) is 7.75. The van der Waals surface area contributed by atoms with E-state index < -0.39 is 0 Å². The number of likely N-dealkylation sites (N-methyl/N-ethyl adjacent to an activating group) is 1. The van der Waals surface area contributed by atoms with Gasteiger partial charge in [-0.05, 0) is 38.4 Å². The molecule has 0 unspecified atom stereocenters. The molecule has 0 bridgehead atoms. The Morgan fingerprint density at radius 1 is 1.26 bits per heavy atom. The van der Waals surface area contributed by atoms with Crippen molar-refractivity contribution in [2.45, 2.75) is 31.8 Å². The lowest BCUT2D eigenvalue weighted by Gasteiger charge is -2.37. The van der Waals surface area contributed by atoms with Crippen LogP contribution in [0.2, 0.25) is 0 Å². The number of rotatable bonds is 6. The summed E-state index contributed by atoms with van der Waals surface area (Å²) in [6, 6.07) is 11.5. The lowest BCUT2D eigenvalue weighted by molar-refractivity contribution is 0.110. The molecule has 1 aromatic heterocycles. The van der Waals surface area contributed by atoms with E-state index in [0.717, 1.165) is 31.9 Å². The first-order valence-electron chi connectivity index (χ1n) is 8.65. The SMILES string of the molecule is CN(CCc1ccccc1)[C@@H]1CCCN(Cc2nccn2C)C1. The third kappa shape index (κ3) is 4.43. The van der Waals surface area contributed by atoms with E-state index in [-0.39, 0.29) is 0 Å². The van der Waals surface area contributed by atoms with Crippen LogP contribution in [0.1, 0.15) is 24.2 Å². The molecule has 1 fully saturated rings. The summed E-state index contributed by atoms with van der Waals surface area (Å²) >= 11 is 0. The van der Waals surface area contributed by atoms with Gasteiger partial charge in [0.05, 0.1) is 6.54 Å². The summed E-state index contributed by atoms with van der Waals surface area (Å²) < 4.78 is 2.13. The first kappa shape index (κ1) is 16.2. The highest BCUT2D eigenvalue weighted by Crippen LogP contribution is 2.17. The highest BCUT2D eigenvalue weighted by Gasteiger charge is 2.23. The van der Waals surface area contributed by atoms with Crippen molar-refractivity contribution in [3.8, 4) is 0 Å². The van der Waals surface area contributed by atoms with Crippen LogP contribution in [0.4, 0.5) is 0 Å². The zero-order valence-electron chi connectivity index (χ0n) is 14.4. The van der Waals surface area contributed by atoms with Crippen LogP contribution in [0.5, 0.6) is 0 Å². The number of hydrogen-bond donors (Lipinski definition) is 0. The predicted molar refractivity (Wildman–Crippen MR) is 94.3 cm³/mol. The van der Waals surface area contributed by atoms with E-state index in [9.17, 15) is 0 Å². The summed E-state index contributed by atoms with van der Waals surface area (Å²) in [5, 5.41) is 0. The van der Waals surface area contributed by atoms with Gasteiger partial charge in [0, 0.05) is 38.6 Å². The second-order valence-corrected chi connectivity index (χ2v) is 6.70. The Labute approximate surface area is 139 Å². The summed E-state index contributed by atoms with van der Waals surface area (Å²) in [5.41, 5.74) is 1.43. The quantitative estimate of drug-likeness (QED) is 0.819. The molecule has 0 amide bonds. The molecule has 1 aliphatic heterocycles. The van der Waals surface area contributed by atoms with Gasteiger partial charge >= 0.3 is 0 Å². The molecule has 0 spiro atoms. The molecule has 2 heterocycles. The normalized spacial score (nSPS) is 19.3. The number of likely N-dealkylation sites (tertiary alicyclic amines) is 1. The Hall–Kier alpha value is -1.65. The average molecular weight is 312 g/mol. The lowest BCUT2D eigenvalue weighted by Crippen LogP contribution is -2.46. The Kier molecular flexibility index (Phi) is 5.47. The Morgan fingerprint density at radius 2 is 2.09 bits per heavy atom. The molecule has 0 radical (unpaired) electrons. The first-order valence-corrected chi connectivity index (χ1v) is 8.65. The van der Waals surface area contributed by atoms with Gasteiger partial charge in [-0.25, -0.2) is 4.98 Å². The fraction of sp³-hybridized carbons (Fsp3) is 0.526. The summed E-state index contributed by atoms with van der Waals surface area (Å²) in [5.74, 6) is 1.16. The van der Waals surface area contributed by atoms with Crippen molar-refractivity contribution in [2.24, 2.45) is 7.05 Å². The average Bonchev–Trinajstić information content (AvgIpc) is 2.99. The van der Waals surface area contributed by atoms with E-state index in [4.69, 9.17) is 0 Å². The molecule has 0 saturated carbocycles. The van der Waals surface area contributed by atoms with Crippen molar-refractivity contribution < 1.29 is 0 Å². The fourth-order valence-electron chi connectivity index (χ4n) is 3.42. The minimum Gasteiger partial charge on any atom is -0.337 e. The smallest absolute Gasteiger partial charge is 0.122 e. The van der Waals surface area contributed by atoms with Gasteiger partial charge in [-0.2, -0.15) is 0 Å². The topological polar surface area (TPSA) is 24.3 Å². The molecule has 1 aromatic carbocycles. The standard InChI is InChI=1S/C19H28N4/c1-21(13-10-17-7-4-3-5-8-17)18-9-6-12-23(15-18)16-19-20-11-14-22(19)2/h3-5,7-8,11,14,18H,6,9-10,12-13,15-16H2,1-2H3/t18-/m1/s1. The fourth-order valence-corrected chi connectivity index (χ4v) is 3.42. The van der Waals surface area contributed by atoms with E-state index in [1.54, 1.807) is 0 Å². The molecule has 0 aliphatic carbocycles. The van der Waals surface area contributed by atoms with Crippen LogP contribution >= 0.6 is 0 Å². The van der Waals surface area contributed by atoms with Gasteiger partial charge < -0.3 is 9.47 Å². The maximum atomic E-state index is 4.46. The van der Waals surface area contributed by atoms with Crippen LogP contribution in [0, 0.1) is 0 Å². The largest absolute Gasteiger partial charge is 0.337 e. The summed E-state index contributed by atoms with van der Waals surface area (Å²) in [6.07, 6.45) is 7.64. The maximum Gasteiger partial charge on any atom is 0.122 e. The summed E-state index contributed by atoms with van der Waals surface area (Å²) in [7, 11) is 4.35. The van der Waals surface area contributed by atoms with Gasteiger partial charge in [0.15, 0.2) is 0 Å². The molecule has 1 saturated heterocycles. The van der Waals surface area contributed by atoms with Crippen molar-refractivity contribution in [3.63, 3.8) is 0 Å². The van der Waals surface area contributed by atoms with E-state index in [1.807, 2.05) is 12.4 Å².